The molecule has 0 saturated heterocycles. The second-order valence-electron chi connectivity index (χ2n) is 6.15. The Morgan fingerprint density at radius 3 is 2.88 bits per heavy atom. The Morgan fingerprint density at radius 2 is 2.20 bits per heavy atom. The van der Waals surface area contributed by atoms with Crippen molar-refractivity contribution in [3.05, 3.63) is 47.3 Å². The van der Waals surface area contributed by atoms with E-state index in [1.54, 1.807) is 6.07 Å². The zero-order chi connectivity index (χ0) is 18.4. The van der Waals surface area contributed by atoms with Gasteiger partial charge in [0.2, 0.25) is 5.91 Å². The molecule has 0 aliphatic rings. The highest BCUT2D eigenvalue weighted by Gasteiger charge is 2.15. The zero-order valence-corrected chi connectivity index (χ0v) is 16.3. The number of rotatable bonds is 8. The fourth-order valence-corrected chi connectivity index (χ4v) is 3.25. The summed E-state index contributed by atoms with van der Waals surface area (Å²) >= 11 is 7.45. The molecule has 1 heterocycles. The highest BCUT2D eigenvalue weighted by Crippen LogP contribution is 2.24. The molecule has 1 amide bonds. The van der Waals surface area contributed by atoms with Crippen molar-refractivity contribution in [1.82, 2.24) is 14.8 Å². The van der Waals surface area contributed by atoms with Gasteiger partial charge in [-0.15, -0.1) is 16.8 Å². The van der Waals surface area contributed by atoms with Gasteiger partial charge in [-0.05, 0) is 30.5 Å². The smallest absolute Gasteiger partial charge is 0.234 e. The van der Waals surface area contributed by atoms with Crippen LogP contribution < -0.4 is 5.32 Å². The number of thioether (sulfide) groups is 1. The number of hydrogen-bond donors (Lipinski definition) is 1. The quantitative estimate of drug-likeness (QED) is 0.547. The maximum absolute atomic E-state index is 12.3. The van der Waals surface area contributed by atoms with E-state index in [0.717, 1.165) is 28.7 Å². The SMILES string of the molecule is C=CCn1c(CC(C)C)nnc1SCC(=O)Nc1cccc(Cl)c1C. The Kier molecular flexibility index (Phi) is 7.08. The number of amides is 1. The molecule has 25 heavy (non-hydrogen) atoms. The van der Waals surface area contributed by atoms with E-state index in [4.69, 9.17) is 11.6 Å². The molecule has 0 atom stereocenters. The van der Waals surface area contributed by atoms with Crippen LogP contribution in [0.1, 0.15) is 25.2 Å². The molecule has 5 nitrogen and oxygen atoms in total. The Bertz CT molecular complexity index is 758. The highest BCUT2D eigenvalue weighted by molar-refractivity contribution is 7.99. The minimum atomic E-state index is -0.103. The Hall–Kier alpha value is -1.79. The predicted octanol–water partition coefficient (Wildman–Crippen LogP) is 4.36. The first kappa shape index (κ1) is 19.5. The van der Waals surface area contributed by atoms with Crippen LogP contribution in [0, 0.1) is 12.8 Å². The molecule has 0 saturated carbocycles. The zero-order valence-electron chi connectivity index (χ0n) is 14.8. The topological polar surface area (TPSA) is 59.8 Å². The van der Waals surface area contributed by atoms with Crippen molar-refractivity contribution >= 4 is 35.0 Å². The molecular weight excluding hydrogens is 356 g/mol. The van der Waals surface area contributed by atoms with Crippen molar-refractivity contribution in [1.29, 1.82) is 0 Å². The molecule has 7 heteroatoms. The first-order valence-corrected chi connectivity index (χ1v) is 9.49. The van der Waals surface area contributed by atoms with Gasteiger partial charge in [-0.3, -0.25) is 4.79 Å². The largest absolute Gasteiger partial charge is 0.325 e. The number of carbonyl (C=O) groups excluding carboxylic acids is 1. The van der Waals surface area contributed by atoms with Crippen molar-refractivity contribution < 1.29 is 4.79 Å². The summed E-state index contributed by atoms with van der Waals surface area (Å²) < 4.78 is 2.01. The number of aromatic nitrogens is 3. The third kappa shape index (κ3) is 5.34. The van der Waals surface area contributed by atoms with Gasteiger partial charge in [-0.1, -0.05) is 49.4 Å². The van der Waals surface area contributed by atoms with Crippen LogP contribution in [-0.4, -0.2) is 26.4 Å². The van der Waals surface area contributed by atoms with E-state index in [1.807, 2.05) is 29.7 Å². The third-order valence-electron chi connectivity index (χ3n) is 3.57. The summed E-state index contributed by atoms with van der Waals surface area (Å²) in [6.45, 7) is 10.6. The molecule has 134 valence electrons. The Balaban J connectivity index is 2.02. The summed E-state index contributed by atoms with van der Waals surface area (Å²) in [6.07, 6.45) is 2.65. The van der Waals surface area contributed by atoms with Crippen LogP contribution in [0.4, 0.5) is 5.69 Å². The number of hydrogen-bond acceptors (Lipinski definition) is 4. The molecular formula is C18H23ClN4OS. The predicted molar refractivity (Wildman–Crippen MR) is 104 cm³/mol. The first-order valence-electron chi connectivity index (χ1n) is 8.13. The summed E-state index contributed by atoms with van der Waals surface area (Å²) in [5.74, 6) is 1.56. The molecule has 2 rings (SSSR count). The van der Waals surface area contributed by atoms with Crippen LogP contribution in [0.2, 0.25) is 5.02 Å². The van der Waals surface area contributed by atoms with E-state index < -0.39 is 0 Å². The van der Waals surface area contributed by atoms with Gasteiger partial charge in [0.05, 0.1) is 5.75 Å². The van der Waals surface area contributed by atoms with Gasteiger partial charge in [-0.2, -0.15) is 0 Å². The number of nitrogens with zero attached hydrogens (tertiary/aromatic N) is 3. The fourth-order valence-electron chi connectivity index (χ4n) is 2.31. The van der Waals surface area contributed by atoms with Crippen LogP contribution in [0.3, 0.4) is 0 Å². The van der Waals surface area contributed by atoms with Gasteiger partial charge in [0, 0.05) is 23.7 Å². The average Bonchev–Trinajstić information content (AvgIpc) is 2.92. The van der Waals surface area contributed by atoms with Crippen LogP contribution in [0.5, 0.6) is 0 Å². The molecule has 0 aliphatic carbocycles. The average molecular weight is 379 g/mol. The number of benzene rings is 1. The molecule has 1 aromatic carbocycles. The lowest BCUT2D eigenvalue weighted by molar-refractivity contribution is -0.113. The Labute approximate surface area is 157 Å². The number of allylic oxidation sites excluding steroid dienone is 1. The third-order valence-corrected chi connectivity index (χ3v) is 4.95. The van der Waals surface area contributed by atoms with E-state index >= 15 is 0 Å². The van der Waals surface area contributed by atoms with Crippen molar-refractivity contribution in [3.63, 3.8) is 0 Å². The van der Waals surface area contributed by atoms with Crippen LogP contribution in [0.25, 0.3) is 0 Å². The lowest BCUT2D eigenvalue weighted by atomic mass is 10.1. The second-order valence-corrected chi connectivity index (χ2v) is 7.49. The summed E-state index contributed by atoms with van der Waals surface area (Å²) in [5, 5.41) is 12.7. The fraction of sp³-hybridized carbons (Fsp3) is 0.389. The highest BCUT2D eigenvalue weighted by atomic mass is 35.5. The summed E-state index contributed by atoms with van der Waals surface area (Å²) in [5.41, 5.74) is 1.59. The molecule has 0 radical (unpaired) electrons. The molecule has 0 fully saturated rings. The van der Waals surface area contributed by atoms with E-state index in [2.05, 4.69) is 35.9 Å². The van der Waals surface area contributed by atoms with Crippen LogP contribution >= 0.6 is 23.4 Å². The maximum Gasteiger partial charge on any atom is 0.234 e. The normalized spacial score (nSPS) is 10.9. The molecule has 1 N–H and O–H groups in total. The molecule has 0 spiro atoms. The monoisotopic (exact) mass is 378 g/mol. The maximum atomic E-state index is 12.3. The van der Waals surface area contributed by atoms with Gasteiger partial charge < -0.3 is 9.88 Å². The minimum absolute atomic E-state index is 0.103. The van der Waals surface area contributed by atoms with Crippen LogP contribution in [-0.2, 0) is 17.8 Å². The molecule has 2 aromatic rings. The van der Waals surface area contributed by atoms with E-state index in [-0.39, 0.29) is 11.7 Å². The van der Waals surface area contributed by atoms with Crippen LogP contribution in [0.15, 0.2) is 36.0 Å². The standard InChI is InChI=1S/C18H23ClN4OS/c1-5-9-23-16(10-12(2)3)21-22-18(23)25-11-17(24)20-15-8-6-7-14(19)13(15)4/h5-8,12H,1,9-11H2,2-4H3,(H,20,24). The first-order chi connectivity index (χ1) is 11.9. The van der Waals surface area contributed by atoms with E-state index in [1.165, 1.54) is 11.8 Å². The van der Waals surface area contributed by atoms with Crippen molar-refractivity contribution in [2.75, 3.05) is 11.1 Å². The van der Waals surface area contributed by atoms with Crippen molar-refractivity contribution in [3.8, 4) is 0 Å². The lowest BCUT2D eigenvalue weighted by Crippen LogP contribution is -2.15. The van der Waals surface area contributed by atoms with E-state index in [9.17, 15) is 4.79 Å². The number of carbonyl (C=O) groups is 1. The van der Waals surface area contributed by atoms with Gasteiger partial charge in [0.25, 0.3) is 0 Å². The molecule has 0 unspecified atom stereocenters. The minimum Gasteiger partial charge on any atom is -0.325 e. The number of anilines is 1. The molecule has 0 aliphatic heterocycles. The molecule has 1 aromatic heterocycles. The van der Waals surface area contributed by atoms with Gasteiger partial charge >= 0.3 is 0 Å². The number of nitrogens with one attached hydrogen (secondary N) is 1. The van der Waals surface area contributed by atoms with Gasteiger partial charge in [0.1, 0.15) is 5.82 Å². The molecule has 0 bridgehead atoms. The Morgan fingerprint density at radius 1 is 1.44 bits per heavy atom. The number of halogens is 1. The summed E-state index contributed by atoms with van der Waals surface area (Å²) in [6, 6.07) is 5.46. The van der Waals surface area contributed by atoms with Gasteiger partial charge in [0.15, 0.2) is 5.16 Å². The summed E-state index contributed by atoms with van der Waals surface area (Å²) in [4.78, 5) is 12.3. The van der Waals surface area contributed by atoms with E-state index in [0.29, 0.717) is 17.5 Å². The summed E-state index contributed by atoms with van der Waals surface area (Å²) in [7, 11) is 0. The van der Waals surface area contributed by atoms with Crippen molar-refractivity contribution in [2.24, 2.45) is 5.92 Å². The second kappa shape index (κ2) is 9.06. The lowest BCUT2D eigenvalue weighted by Gasteiger charge is -2.10. The van der Waals surface area contributed by atoms with Crippen molar-refractivity contribution in [2.45, 2.75) is 38.9 Å². The van der Waals surface area contributed by atoms with Gasteiger partial charge in [-0.25, -0.2) is 0 Å².